The molecule has 4 rings (SSSR count). The second-order valence-electron chi connectivity index (χ2n) is 8.77. The van der Waals surface area contributed by atoms with Crippen LogP contribution in [0.1, 0.15) is 57.9 Å². The lowest BCUT2D eigenvalue weighted by molar-refractivity contribution is 0.126. The number of rotatable bonds is 4. The van der Waals surface area contributed by atoms with Crippen molar-refractivity contribution >= 4 is 28.9 Å². The molecular weight excluding hydrogens is 394 g/mol. The van der Waals surface area contributed by atoms with Gasteiger partial charge in [-0.25, -0.2) is 0 Å². The van der Waals surface area contributed by atoms with Crippen LogP contribution in [0.15, 0.2) is 63.9 Å². The normalized spacial score (nSPS) is 23.2. The first-order valence-electron chi connectivity index (χ1n) is 11.0. The number of benzene rings is 2. The molecule has 29 heavy (non-hydrogen) atoms. The largest absolute Gasteiger partial charge is 0.300 e. The first-order valence-corrected chi connectivity index (χ1v) is 12.2. The zero-order chi connectivity index (χ0) is 20.2. The third-order valence-electron chi connectivity index (χ3n) is 6.68. The van der Waals surface area contributed by atoms with E-state index in [-0.39, 0.29) is 0 Å². The highest BCUT2D eigenvalue weighted by molar-refractivity contribution is 7.99. The number of hydrogen-bond acceptors (Lipinski definition) is 2. The van der Waals surface area contributed by atoms with Gasteiger partial charge in [0, 0.05) is 33.9 Å². The Labute approximate surface area is 185 Å². The fraction of sp³-hybridized carbons (Fsp3) is 0.462. The Hall–Kier alpha value is -1.22. The summed E-state index contributed by atoms with van der Waals surface area (Å²) in [6, 6.07) is 17.9. The number of hydrogen-bond donors (Lipinski definition) is 0. The second-order valence-corrected chi connectivity index (χ2v) is 10.4. The molecule has 2 aromatic carbocycles. The maximum Gasteiger partial charge on any atom is 0.0417 e. The van der Waals surface area contributed by atoms with Gasteiger partial charge in [0.2, 0.25) is 0 Å². The van der Waals surface area contributed by atoms with Gasteiger partial charge in [-0.05, 0) is 80.0 Å². The van der Waals surface area contributed by atoms with E-state index in [4.69, 9.17) is 11.6 Å². The number of nitrogens with zero attached hydrogens (tertiary/aromatic N) is 1. The molecule has 1 saturated carbocycles. The molecule has 1 heterocycles. The molecule has 1 aliphatic heterocycles. The van der Waals surface area contributed by atoms with Crippen LogP contribution in [0.25, 0.3) is 5.57 Å². The lowest BCUT2D eigenvalue weighted by atomic mass is 9.85. The summed E-state index contributed by atoms with van der Waals surface area (Å²) in [6.45, 7) is 7.23. The van der Waals surface area contributed by atoms with Crippen LogP contribution in [0.4, 0.5) is 0 Å². The van der Waals surface area contributed by atoms with Gasteiger partial charge >= 0.3 is 0 Å². The van der Waals surface area contributed by atoms with E-state index in [1.165, 1.54) is 72.5 Å². The molecule has 2 aromatic rings. The first-order chi connectivity index (χ1) is 14.1. The predicted octanol–water partition coefficient (Wildman–Crippen LogP) is 7.94. The van der Waals surface area contributed by atoms with Crippen LogP contribution in [-0.4, -0.2) is 24.0 Å². The van der Waals surface area contributed by atoms with Crippen LogP contribution in [0, 0.1) is 5.92 Å². The van der Waals surface area contributed by atoms with Crippen LogP contribution in [-0.2, 0) is 0 Å². The highest BCUT2D eigenvalue weighted by atomic mass is 35.5. The van der Waals surface area contributed by atoms with Gasteiger partial charge in [-0.2, -0.15) is 0 Å². The minimum atomic E-state index is 0.793. The molecule has 0 radical (unpaired) electrons. The third-order valence-corrected chi connectivity index (χ3v) is 7.91. The van der Waals surface area contributed by atoms with Gasteiger partial charge in [0.15, 0.2) is 0 Å². The number of likely N-dealkylation sites (tertiary alicyclic amines) is 1. The third kappa shape index (κ3) is 5.48. The maximum absolute atomic E-state index is 6.11. The molecule has 0 spiro atoms. The maximum atomic E-state index is 6.11. The van der Waals surface area contributed by atoms with Crippen molar-refractivity contribution in [3.63, 3.8) is 0 Å². The van der Waals surface area contributed by atoms with Crippen molar-refractivity contribution in [3.05, 3.63) is 64.7 Å². The molecule has 3 heteroatoms. The van der Waals surface area contributed by atoms with Gasteiger partial charge in [-0.3, -0.25) is 4.90 Å². The summed E-state index contributed by atoms with van der Waals surface area (Å²) in [5.41, 5.74) is 4.51. The Kier molecular flexibility index (Phi) is 7.05. The second kappa shape index (κ2) is 9.73. The highest BCUT2D eigenvalue weighted by Gasteiger charge is 2.27. The molecule has 2 fully saturated rings. The van der Waals surface area contributed by atoms with E-state index in [1.54, 1.807) is 17.3 Å². The van der Waals surface area contributed by atoms with E-state index in [9.17, 15) is 0 Å². The standard InChI is InChI=1S/C26H32ClNS/c1-19-5-3-7-24(17-19)28-15-13-22(14-16-28)20(2)21-9-11-25(12-10-21)29-26-8-4-6-23(27)18-26/h4,6,8-12,18-19,24H,3,5,7,13-17H2,1-2H3/t19-,24?/m1/s1. The first kappa shape index (κ1) is 21.0. The topological polar surface area (TPSA) is 3.24 Å². The number of piperidine rings is 1. The molecule has 1 aliphatic carbocycles. The Morgan fingerprint density at radius 1 is 1.00 bits per heavy atom. The van der Waals surface area contributed by atoms with E-state index in [0.717, 1.165) is 17.0 Å². The fourth-order valence-corrected chi connectivity index (χ4v) is 6.04. The molecule has 0 aromatic heterocycles. The van der Waals surface area contributed by atoms with Crippen LogP contribution < -0.4 is 0 Å². The fourth-order valence-electron chi connectivity index (χ4n) is 4.91. The lowest BCUT2D eigenvalue weighted by Crippen LogP contribution is -2.42. The summed E-state index contributed by atoms with van der Waals surface area (Å²) in [5, 5.41) is 0.793. The lowest BCUT2D eigenvalue weighted by Gasteiger charge is -2.39. The molecule has 1 unspecified atom stereocenters. The molecular formula is C26H32ClNS. The minimum absolute atomic E-state index is 0.793. The predicted molar refractivity (Wildman–Crippen MR) is 127 cm³/mol. The SMILES string of the molecule is CC(=C1CCN(C2CCC[C@@H](C)C2)CC1)c1ccc(Sc2cccc(Cl)c2)cc1. The van der Waals surface area contributed by atoms with Crippen molar-refractivity contribution < 1.29 is 0 Å². The Morgan fingerprint density at radius 3 is 2.45 bits per heavy atom. The molecule has 154 valence electrons. The Morgan fingerprint density at radius 2 is 1.76 bits per heavy atom. The molecule has 2 atom stereocenters. The Bertz CT molecular complexity index is 847. The highest BCUT2D eigenvalue weighted by Crippen LogP contribution is 2.34. The van der Waals surface area contributed by atoms with Gasteiger partial charge in [-0.1, -0.05) is 66.9 Å². The van der Waals surface area contributed by atoms with Crippen molar-refractivity contribution in [2.45, 2.75) is 68.2 Å². The van der Waals surface area contributed by atoms with Crippen LogP contribution in [0.5, 0.6) is 0 Å². The minimum Gasteiger partial charge on any atom is -0.300 e. The molecule has 0 N–H and O–H groups in total. The van der Waals surface area contributed by atoms with Crippen LogP contribution in [0.3, 0.4) is 0 Å². The number of allylic oxidation sites excluding steroid dienone is 1. The smallest absolute Gasteiger partial charge is 0.0417 e. The summed E-state index contributed by atoms with van der Waals surface area (Å²) in [6.07, 6.45) is 8.13. The monoisotopic (exact) mass is 425 g/mol. The van der Waals surface area contributed by atoms with Crippen molar-refractivity contribution in [1.82, 2.24) is 4.90 Å². The van der Waals surface area contributed by atoms with Crippen molar-refractivity contribution in [2.75, 3.05) is 13.1 Å². The zero-order valence-corrected chi connectivity index (χ0v) is 19.2. The van der Waals surface area contributed by atoms with Crippen molar-refractivity contribution in [1.29, 1.82) is 0 Å². The van der Waals surface area contributed by atoms with E-state index >= 15 is 0 Å². The average Bonchev–Trinajstić information content (AvgIpc) is 2.74. The van der Waals surface area contributed by atoms with E-state index in [0.29, 0.717) is 0 Å². The molecule has 0 bridgehead atoms. The van der Waals surface area contributed by atoms with Crippen LogP contribution in [0.2, 0.25) is 5.02 Å². The van der Waals surface area contributed by atoms with E-state index in [2.05, 4.69) is 49.1 Å². The quantitative estimate of drug-likeness (QED) is 0.489. The van der Waals surface area contributed by atoms with Gasteiger partial charge < -0.3 is 0 Å². The van der Waals surface area contributed by atoms with Gasteiger partial charge in [-0.15, -0.1) is 0 Å². The Balaban J connectivity index is 1.37. The summed E-state index contributed by atoms with van der Waals surface area (Å²) in [4.78, 5) is 5.22. The van der Waals surface area contributed by atoms with Gasteiger partial charge in [0.25, 0.3) is 0 Å². The summed E-state index contributed by atoms with van der Waals surface area (Å²) in [5.74, 6) is 0.913. The zero-order valence-electron chi connectivity index (χ0n) is 17.7. The molecule has 0 amide bonds. The van der Waals surface area contributed by atoms with E-state index in [1.807, 2.05) is 18.2 Å². The summed E-state index contributed by atoms with van der Waals surface area (Å²) < 4.78 is 0. The van der Waals surface area contributed by atoms with Crippen molar-refractivity contribution in [3.8, 4) is 0 Å². The number of halogens is 1. The molecule has 1 saturated heterocycles. The summed E-state index contributed by atoms with van der Waals surface area (Å²) >= 11 is 7.87. The summed E-state index contributed by atoms with van der Waals surface area (Å²) in [7, 11) is 0. The van der Waals surface area contributed by atoms with Gasteiger partial charge in [0.1, 0.15) is 0 Å². The molecule has 2 aliphatic rings. The van der Waals surface area contributed by atoms with Crippen molar-refractivity contribution in [2.24, 2.45) is 5.92 Å². The van der Waals surface area contributed by atoms with Gasteiger partial charge in [0.05, 0.1) is 0 Å². The van der Waals surface area contributed by atoms with Crippen LogP contribution >= 0.6 is 23.4 Å². The van der Waals surface area contributed by atoms with E-state index < -0.39 is 0 Å². The average molecular weight is 426 g/mol. The molecule has 1 nitrogen and oxygen atoms in total.